The summed E-state index contributed by atoms with van der Waals surface area (Å²) in [6, 6.07) is 5.23. The number of anilines is 3. The molecule has 1 aliphatic heterocycles. The average molecular weight is 505 g/mol. The van der Waals surface area contributed by atoms with Crippen LogP contribution in [0.1, 0.15) is 31.2 Å². The van der Waals surface area contributed by atoms with Crippen LogP contribution in [0.25, 0.3) is 0 Å². The zero-order valence-electron chi connectivity index (χ0n) is 18.7. The van der Waals surface area contributed by atoms with Gasteiger partial charge in [-0.3, -0.25) is 4.90 Å². The maximum atomic E-state index is 13.5. The molecule has 0 aliphatic carbocycles. The van der Waals surface area contributed by atoms with Crippen LogP contribution < -0.4 is 10.6 Å². The second kappa shape index (κ2) is 11.6. The molecule has 1 aromatic carbocycles. The largest absolute Gasteiger partial charge is 0.421 e. The molecule has 0 radical (unpaired) electrons. The zero-order valence-corrected chi connectivity index (χ0v) is 20.2. The number of rotatable bonds is 9. The Morgan fingerprint density at radius 1 is 1.18 bits per heavy atom. The number of aromatic nitrogens is 2. The van der Waals surface area contributed by atoms with Crippen LogP contribution >= 0.6 is 23.2 Å². The van der Waals surface area contributed by atoms with Crippen LogP contribution in [0.4, 0.5) is 30.6 Å². The number of nitrogens with zero attached hydrogens (tertiary/aromatic N) is 4. The standard InChI is InChI=1S/C22H29Cl2F3N6/c1-32(2)11-8-16-5-3-4-10-33(16)12-9-28-20-17(22(25,26)27)14-29-21(31-20)30-15-6-7-18(23)19(24)13-15/h6-7,13-14,16H,3-5,8-12H2,1-2H3,(H2,28,29,30,31). The minimum Gasteiger partial charge on any atom is -0.368 e. The van der Waals surface area contributed by atoms with E-state index < -0.39 is 11.7 Å². The SMILES string of the molecule is CN(C)CCC1CCCCN1CCNc1nc(Nc2ccc(Cl)c(Cl)c2)ncc1C(F)(F)F. The number of halogens is 5. The number of likely N-dealkylation sites (tertiary alicyclic amines) is 1. The quantitative estimate of drug-likeness (QED) is 0.452. The summed E-state index contributed by atoms with van der Waals surface area (Å²) in [5.41, 5.74) is -0.378. The monoisotopic (exact) mass is 504 g/mol. The van der Waals surface area contributed by atoms with E-state index in [4.69, 9.17) is 23.2 Å². The van der Waals surface area contributed by atoms with E-state index in [-0.39, 0.29) is 11.8 Å². The van der Waals surface area contributed by atoms with Crippen molar-refractivity contribution in [3.05, 3.63) is 40.0 Å². The third kappa shape index (κ3) is 7.60. The molecule has 2 aromatic rings. The minimum absolute atomic E-state index is 0.0331. The van der Waals surface area contributed by atoms with E-state index in [2.05, 4.69) is 30.4 Å². The molecule has 3 rings (SSSR count). The van der Waals surface area contributed by atoms with Crippen LogP contribution in [0, 0.1) is 0 Å². The van der Waals surface area contributed by atoms with Crippen molar-refractivity contribution in [3.63, 3.8) is 0 Å². The van der Waals surface area contributed by atoms with Gasteiger partial charge in [-0.1, -0.05) is 29.6 Å². The van der Waals surface area contributed by atoms with Gasteiger partial charge in [0.05, 0.1) is 10.0 Å². The summed E-state index contributed by atoms with van der Waals surface area (Å²) < 4.78 is 40.6. The minimum atomic E-state index is -4.57. The second-order valence-electron chi connectivity index (χ2n) is 8.41. The van der Waals surface area contributed by atoms with Gasteiger partial charge in [0.15, 0.2) is 0 Å². The predicted octanol–water partition coefficient (Wildman–Crippen LogP) is 5.76. The fraction of sp³-hybridized carbons (Fsp3) is 0.545. The topological polar surface area (TPSA) is 56.3 Å². The molecule has 182 valence electrons. The summed E-state index contributed by atoms with van der Waals surface area (Å²) in [6.45, 7) is 2.95. The van der Waals surface area contributed by atoms with Crippen LogP contribution in [0.2, 0.25) is 10.0 Å². The molecule has 0 amide bonds. The third-order valence-electron chi connectivity index (χ3n) is 5.62. The fourth-order valence-corrected chi connectivity index (χ4v) is 4.19. The van der Waals surface area contributed by atoms with Gasteiger partial charge in [0.25, 0.3) is 0 Å². The van der Waals surface area contributed by atoms with Gasteiger partial charge in [0.2, 0.25) is 5.95 Å². The highest BCUT2D eigenvalue weighted by Crippen LogP contribution is 2.34. The average Bonchev–Trinajstić information content (AvgIpc) is 2.75. The predicted molar refractivity (Wildman–Crippen MR) is 128 cm³/mol. The van der Waals surface area contributed by atoms with E-state index in [0.29, 0.717) is 34.9 Å². The number of nitrogens with one attached hydrogen (secondary N) is 2. The van der Waals surface area contributed by atoms with E-state index >= 15 is 0 Å². The lowest BCUT2D eigenvalue weighted by molar-refractivity contribution is -0.137. The van der Waals surface area contributed by atoms with E-state index in [1.165, 1.54) is 6.42 Å². The number of hydrogen-bond donors (Lipinski definition) is 2. The molecule has 1 unspecified atom stereocenters. The van der Waals surface area contributed by atoms with Gasteiger partial charge >= 0.3 is 6.18 Å². The molecule has 0 spiro atoms. The molecule has 1 aliphatic rings. The van der Waals surface area contributed by atoms with Crippen LogP contribution in [0.15, 0.2) is 24.4 Å². The first-order valence-corrected chi connectivity index (χ1v) is 11.7. The van der Waals surface area contributed by atoms with Gasteiger partial charge in [-0.25, -0.2) is 4.98 Å². The molecule has 0 saturated carbocycles. The Hall–Kier alpha value is -1.81. The van der Waals surface area contributed by atoms with Crippen molar-refractivity contribution >= 4 is 40.7 Å². The molecule has 1 atom stereocenters. The molecule has 1 aromatic heterocycles. The van der Waals surface area contributed by atoms with Gasteiger partial charge in [-0.05, 0) is 64.6 Å². The molecule has 2 heterocycles. The summed E-state index contributed by atoms with van der Waals surface area (Å²) in [6.07, 6.45) is 0.687. The lowest BCUT2D eigenvalue weighted by atomic mass is 9.99. The molecule has 1 saturated heterocycles. The zero-order chi connectivity index (χ0) is 24.0. The van der Waals surface area contributed by atoms with Crippen molar-refractivity contribution in [2.75, 3.05) is 50.9 Å². The molecule has 33 heavy (non-hydrogen) atoms. The second-order valence-corrected chi connectivity index (χ2v) is 9.23. The van der Waals surface area contributed by atoms with Crippen molar-refractivity contribution in [1.82, 2.24) is 19.8 Å². The highest BCUT2D eigenvalue weighted by Gasteiger charge is 2.35. The highest BCUT2D eigenvalue weighted by atomic mass is 35.5. The first kappa shape index (κ1) is 25.8. The Bertz CT molecular complexity index is 925. The Labute approximate surface area is 202 Å². The Morgan fingerprint density at radius 3 is 2.67 bits per heavy atom. The molecular formula is C22H29Cl2F3N6. The van der Waals surface area contributed by atoms with E-state index in [1.807, 2.05) is 14.1 Å². The third-order valence-corrected chi connectivity index (χ3v) is 6.36. The Kier molecular flexibility index (Phi) is 9.03. The van der Waals surface area contributed by atoms with Crippen molar-refractivity contribution in [2.45, 2.75) is 37.9 Å². The Morgan fingerprint density at radius 2 is 1.97 bits per heavy atom. The molecular weight excluding hydrogens is 476 g/mol. The van der Waals surface area contributed by atoms with Gasteiger partial charge in [-0.15, -0.1) is 0 Å². The van der Waals surface area contributed by atoms with Gasteiger partial charge in [0.1, 0.15) is 11.4 Å². The van der Waals surface area contributed by atoms with Crippen LogP contribution in [-0.4, -0.2) is 66.1 Å². The van der Waals surface area contributed by atoms with Crippen molar-refractivity contribution in [2.24, 2.45) is 0 Å². The number of hydrogen-bond acceptors (Lipinski definition) is 6. The highest BCUT2D eigenvalue weighted by molar-refractivity contribution is 6.42. The summed E-state index contributed by atoms with van der Waals surface area (Å²) >= 11 is 11.9. The van der Waals surface area contributed by atoms with Gasteiger partial charge in [0, 0.05) is 31.0 Å². The lowest BCUT2D eigenvalue weighted by Gasteiger charge is -2.36. The smallest absolute Gasteiger partial charge is 0.368 e. The van der Waals surface area contributed by atoms with Gasteiger partial charge in [-0.2, -0.15) is 18.2 Å². The van der Waals surface area contributed by atoms with Crippen molar-refractivity contribution in [3.8, 4) is 0 Å². The normalized spacial score (nSPS) is 17.4. The maximum Gasteiger partial charge on any atom is 0.421 e. The van der Waals surface area contributed by atoms with Gasteiger partial charge < -0.3 is 15.5 Å². The molecule has 0 bridgehead atoms. The molecule has 1 fully saturated rings. The van der Waals surface area contributed by atoms with E-state index in [1.54, 1.807) is 18.2 Å². The summed E-state index contributed by atoms with van der Waals surface area (Å²) in [5.74, 6) is -0.215. The van der Waals surface area contributed by atoms with Crippen molar-refractivity contribution in [1.29, 1.82) is 0 Å². The number of piperidine rings is 1. The van der Waals surface area contributed by atoms with Crippen LogP contribution in [0.5, 0.6) is 0 Å². The first-order valence-electron chi connectivity index (χ1n) is 10.9. The first-order chi connectivity index (χ1) is 15.6. The Balaban J connectivity index is 1.69. The summed E-state index contributed by atoms with van der Waals surface area (Å²) in [5, 5.41) is 6.46. The number of alkyl halides is 3. The molecule has 11 heteroatoms. The van der Waals surface area contributed by atoms with E-state index in [9.17, 15) is 13.2 Å². The maximum absolute atomic E-state index is 13.5. The summed E-state index contributed by atoms with van der Waals surface area (Å²) in [7, 11) is 4.10. The molecule has 6 nitrogen and oxygen atoms in total. The van der Waals surface area contributed by atoms with Crippen LogP contribution in [-0.2, 0) is 6.18 Å². The fourth-order valence-electron chi connectivity index (χ4n) is 3.89. The van der Waals surface area contributed by atoms with E-state index in [0.717, 1.165) is 38.5 Å². The number of benzene rings is 1. The lowest BCUT2D eigenvalue weighted by Crippen LogP contribution is -2.43. The summed E-state index contributed by atoms with van der Waals surface area (Å²) in [4.78, 5) is 12.4. The molecule has 2 N–H and O–H groups in total. The van der Waals surface area contributed by atoms with Crippen molar-refractivity contribution < 1.29 is 13.2 Å². The van der Waals surface area contributed by atoms with Crippen LogP contribution in [0.3, 0.4) is 0 Å².